The number of esters is 2. The molecule has 0 fully saturated rings. The Bertz CT molecular complexity index is 289. The summed E-state index contributed by atoms with van der Waals surface area (Å²) in [6.45, 7) is 7.84. The number of carbonyl (C=O) groups is 2. The van der Waals surface area contributed by atoms with E-state index in [1.807, 2.05) is 6.08 Å². The van der Waals surface area contributed by atoms with E-state index in [1.54, 1.807) is 26.8 Å². The summed E-state index contributed by atoms with van der Waals surface area (Å²) < 4.78 is 10.1. The SMILES string of the molecule is CCCC/C=C\C(CC)(C(=O)OCC)C(=O)OCC. The van der Waals surface area contributed by atoms with Gasteiger partial charge in [0.15, 0.2) is 5.41 Å². The molecule has 0 bridgehead atoms. The zero-order chi connectivity index (χ0) is 14.7. The number of ether oxygens (including phenoxy) is 2. The molecule has 4 heteroatoms. The van der Waals surface area contributed by atoms with E-state index in [4.69, 9.17) is 9.47 Å². The molecule has 0 aromatic rings. The summed E-state index contributed by atoms with van der Waals surface area (Å²) in [5, 5.41) is 0. The first-order chi connectivity index (χ1) is 9.08. The second-order valence-corrected chi connectivity index (χ2v) is 4.31. The molecule has 0 unspecified atom stereocenters. The lowest BCUT2D eigenvalue weighted by Gasteiger charge is -2.24. The largest absolute Gasteiger partial charge is 0.465 e. The van der Waals surface area contributed by atoms with E-state index in [2.05, 4.69) is 6.92 Å². The monoisotopic (exact) mass is 270 g/mol. The third-order valence-corrected chi connectivity index (χ3v) is 2.96. The smallest absolute Gasteiger partial charge is 0.327 e. The average molecular weight is 270 g/mol. The van der Waals surface area contributed by atoms with Crippen LogP contribution in [0.15, 0.2) is 12.2 Å². The molecule has 0 aliphatic heterocycles. The Hall–Kier alpha value is -1.32. The van der Waals surface area contributed by atoms with Crippen molar-refractivity contribution in [1.82, 2.24) is 0 Å². The number of hydrogen-bond donors (Lipinski definition) is 0. The normalized spacial score (nSPS) is 11.6. The summed E-state index contributed by atoms with van der Waals surface area (Å²) in [7, 11) is 0. The van der Waals surface area contributed by atoms with Crippen LogP contribution in [0.5, 0.6) is 0 Å². The standard InChI is InChI=1S/C15H26O4/c1-5-9-10-11-12-15(6-2,13(16)18-7-3)14(17)19-8-4/h11-12H,5-10H2,1-4H3/b12-11-. The van der Waals surface area contributed by atoms with Crippen LogP contribution in [0.3, 0.4) is 0 Å². The second kappa shape index (κ2) is 9.59. The van der Waals surface area contributed by atoms with Crippen molar-refractivity contribution in [3.05, 3.63) is 12.2 Å². The highest BCUT2D eigenvalue weighted by Crippen LogP contribution is 2.28. The molecule has 110 valence electrons. The van der Waals surface area contributed by atoms with E-state index >= 15 is 0 Å². The lowest BCUT2D eigenvalue weighted by molar-refractivity contribution is -0.168. The molecular formula is C15H26O4. The molecule has 0 aromatic heterocycles. The molecule has 0 spiro atoms. The van der Waals surface area contributed by atoms with Gasteiger partial charge in [0.05, 0.1) is 13.2 Å². The van der Waals surface area contributed by atoms with Crippen molar-refractivity contribution >= 4 is 11.9 Å². The van der Waals surface area contributed by atoms with E-state index in [0.29, 0.717) is 6.42 Å². The maximum Gasteiger partial charge on any atom is 0.327 e. The molecule has 0 aliphatic carbocycles. The molecule has 0 radical (unpaired) electrons. The fraction of sp³-hybridized carbons (Fsp3) is 0.733. The average Bonchev–Trinajstić information content (AvgIpc) is 2.40. The van der Waals surface area contributed by atoms with Gasteiger partial charge in [-0.3, -0.25) is 9.59 Å². The minimum absolute atomic E-state index is 0.253. The molecule has 4 nitrogen and oxygen atoms in total. The molecule has 0 saturated heterocycles. The number of carbonyl (C=O) groups excluding carboxylic acids is 2. The van der Waals surface area contributed by atoms with E-state index < -0.39 is 17.4 Å². The molecule has 0 atom stereocenters. The van der Waals surface area contributed by atoms with Gasteiger partial charge in [-0.1, -0.05) is 38.8 Å². The van der Waals surface area contributed by atoms with E-state index in [9.17, 15) is 9.59 Å². The maximum absolute atomic E-state index is 12.1. The Morgan fingerprint density at radius 3 is 1.89 bits per heavy atom. The minimum Gasteiger partial charge on any atom is -0.465 e. The fourth-order valence-electron chi connectivity index (χ4n) is 1.75. The molecule has 0 rings (SSSR count). The zero-order valence-corrected chi connectivity index (χ0v) is 12.5. The Labute approximate surface area is 116 Å². The first-order valence-corrected chi connectivity index (χ1v) is 7.11. The summed E-state index contributed by atoms with van der Waals surface area (Å²) in [5.74, 6) is -1.05. The van der Waals surface area contributed by atoms with E-state index in [1.165, 1.54) is 0 Å². The summed E-state index contributed by atoms with van der Waals surface area (Å²) >= 11 is 0. The predicted molar refractivity (Wildman–Crippen MR) is 74.7 cm³/mol. The molecule has 0 aromatic carbocycles. The number of hydrogen-bond acceptors (Lipinski definition) is 4. The van der Waals surface area contributed by atoms with Gasteiger partial charge in [0.1, 0.15) is 0 Å². The van der Waals surface area contributed by atoms with Gasteiger partial charge in [-0.25, -0.2) is 0 Å². The Balaban J connectivity index is 5.11. The Morgan fingerprint density at radius 1 is 1.00 bits per heavy atom. The van der Waals surface area contributed by atoms with Crippen LogP contribution in [0, 0.1) is 5.41 Å². The van der Waals surface area contributed by atoms with Gasteiger partial charge in [-0.15, -0.1) is 0 Å². The van der Waals surface area contributed by atoms with Crippen LogP contribution < -0.4 is 0 Å². The minimum atomic E-state index is -1.29. The van der Waals surface area contributed by atoms with Crippen molar-refractivity contribution in [2.45, 2.75) is 53.4 Å². The summed E-state index contributed by atoms with van der Waals surface area (Å²) in [5.41, 5.74) is -1.29. The summed E-state index contributed by atoms with van der Waals surface area (Å²) in [6, 6.07) is 0. The van der Waals surface area contributed by atoms with Crippen LogP contribution in [0.4, 0.5) is 0 Å². The number of unbranched alkanes of at least 4 members (excludes halogenated alkanes) is 2. The van der Waals surface area contributed by atoms with Gasteiger partial charge < -0.3 is 9.47 Å². The van der Waals surface area contributed by atoms with Crippen molar-refractivity contribution < 1.29 is 19.1 Å². The van der Waals surface area contributed by atoms with E-state index in [0.717, 1.165) is 19.3 Å². The quantitative estimate of drug-likeness (QED) is 0.279. The molecule has 0 saturated carbocycles. The Kier molecular flexibility index (Phi) is 8.92. The van der Waals surface area contributed by atoms with E-state index in [-0.39, 0.29) is 13.2 Å². The van der Waals surface area contributed by atoms with Crippen LogP contribution in [-0.2, 0) is 19.1 Å². The van der Waals surface area contributed by atoms with Crippen LogP contribution in [-0.4, -0.2) is 25.2 Å². The summed E-state index contributed by atoms with van der Waals surface area (Å²) in [6.07, 6.45) is 6.81. The third-order valence-electron chi connectivity index (χ3n) is 2.96. The topological polar surface area (TPSA) is 52.6 Å². The first kappa shape index (κ1) is 17.7. The molecule has 0 heterocycles. The fourth-order valence-corrected chi connectivity index (χ4v) is 1.75. The van der Waals surface area contributed by atoms with Gasteiger partial charge in [0.25, 0.3) is 0 Å². The van der Waals surface area contributed by atoms with Crippen LogP contribution in [0.1, 0.15) is 53.4 Å². The lowest BCUT2D eigenvalue weighted by Crippen LogP contribution is -2.40. The van der Waals surface area contributed by atoms with Crippen LogP contribution >= 0.6 is 0 Å². The first-order valence-electron chi connectivity index (χ1n) is 7.11. The van der Waals surface area contributed by atoms with Crippen LogP contribution in [0.2, 0.25) is 0 Å². The zero-order valence-electron chi connectivity index (χ0n) is 12.5. The van der Waals surface area contributed by atoms with Crippen molar-refractivity contribution in [3.63, 3.8) is 0 Å². The molecule has 0 aliphatic rings. The molecular weight excluding hydrogens is 244 g/mol. The van der Waals surface area contributed by atoms with Crippen molar-refractivity contribution in [3.8, 4) is 0 Å². The third kappa shape index (κ3) is 5.05. The van der Waals surface area contributed by atoms with Crippen molar-refractivity contribution in [2.75, 3.05) is 13.2 Å². The molecule has 19 heavy (non-hydrogen) atoms. The molecule has 0 amide bonds. The highest BCUT2D eigenvalue weighted by molar-refractivity contribution is 6.02. The van der Waals surface area contributed by atoms with Gasteiger partial charge >= 0.3 is 11.9 Å². The Morgan fingerprint density at radius 2 is 1.53 bits per heavy atom. The highest BCUT2D eigenvalue weighted by Gasteiger charge is 2.44. The van der Waals surface area contributed by atoms with Gasteiger partial charge in [-0.05, 0) is 26.7 Å². The maximum atomic E-state index is 12.1. The molecule has 0 N–H and O–H groups in total. The van der Waals surface area contributed by atoms with Gasteiger partial charge in [0, 0.05) is 0 Å². The predicted octanol–water partition coefficient (Wildman–Crippen LogP) is 3.26. The summed E-state index contributed by atoms with van der Waals surface area (Å²) in [4.78, 5) is 24.2. The highest BCUT2D eigenvalue weighted by atomic mass is 16.6. The van der Waals surface area contributed by atoms with Crippen molar-refractivity contribution in [2.24, 2.45) is 5.41 Å². The van der Waals surface area contributed by atoms with Gasteiger partial charge in [-0.2, -0.15) is 0 Å². The second-order valence-electron chi connectivity index (χ2n) is 4.31. The number of rotatable bonds is 9. The van der Waals surface area contributed by atoms with Crippen LogP contribution in [0.25, 0.3) is 0 Å². The van der Waals surface area contributed by atoms with Crippen molar-refractivity contribution in [1.29, 1.82) is 0 Å². The number of allylic oxidation sites excluding steroid dienone is 1. The van der Waals surface area contributed by atoms with Gasteiger partial charge in [0.2, 0.25) is 0 Å². The lowest BCUT2D eigenvalue weighted by atomic mass is 9.84.